The maximum absolute atomic E-state index is 12.6. The van der Waals surface area contributed by atoms with E-state index in [1.807, 2.05) is 55.6 Å². The molecular weight excluding hydrogens is 416 g/mol. The number of allylic oxidation sites excluding steroid dienone is 1. The summed E-state index contributed by atoms with van der Waals surface area (Å²) in [6.45, 7) is 4.01. The summed E-state index contributed by atoms with van der Waals surface area (Å²) in [6, 6.07) is 13.9. The Morgan fingerprint density at radius 3 is 2.61 bits per heavy atom. The van der Waals surface area contributed by atoms with Crippen LogP contribution in [0.1, 0.15) is 37.3 Å². The van der Waals surface area contributed by atoms with E-state index in [0.717, 1.165) is 61.2 Å². The quantitative estimate of drug-likeness (QED) is 0.557. The Balaban J connectivity index is 1.77. The van der Waals surface area contributed by atoms with Crippen LogP contribution >= 0.6 is 0 Å². The number of carbonyl (C=O) groups is 1. The van der Waals surface area contributed by atoms with Crippen LogP contribution in [0.15, 0.2) is 48.7 Å². The number of para-hydroxylation sites is 1. The lowest BCUT2D eigenvalue weighted by Crippen LogP contribution is -2.42. The zero-order valence-electron chi connectivity index (χ0n) is 19.3. The van der Waals surface area contributed by atoms with Crippen molar-refractivity contribution in [2.24, 2.45) is 0 Å². The number of carbonyl (C=O) groups excluding carboxylic acids is 1. The van der Waals surface area contributed by atoms with Crippen LogP contribution in [0.2, 0.25) is 0 Å². The number of benzene rings is 2. The van der Waals surface area contributed by atoms with E-state index in [0.29, 0.717) is 17.5 Å². The van der Waals surface area contributed by atoms with Gasteiger partial charge >= 0.3 is 6.09 Å². The summed E-state index contributed by atoms with van der Waals surface area (Å²) in [5, 5.41) is 15.0. The van der Waals surface area contributed by atoms with Crippen molar-refractivity contribution in [1.82, 2.24) is 10.6 Å². The third-order valence-electron chi connectivity index (χ3n) is 6.36. The largest absolute Gasteiger partial charge is 0.456 e. The molecule has 0 unspecified atom stereocenters. The van der Waals surface area contributed by atoms with Gasteiger partial charge in [0.1, 0.15) is 11.5 Å². The molecule has 0 radical (unpaired) electrons. The lowest BCUT2D eigenvalue weighted by Gasteiger charge is -2.35. The molecule has 4 rings (SSSR count). The monoisotopic (exact) mass is 448 g/mol. The van der Waals surface area contributed by atoms with Crippen molar-refractivity contribution in [3.63, 3.8) is 0 Å². The zero-order valence-corrected chi connectivity index (χ0v) is 19.3. The Kier molecular flexibility index (Phi) is 7.29. The fraction of sp³-hybridized carbons (Fsp3) is 0.385. The molecule has 1 saturated heterocycles. The first-order chi connectivity index (χ1) is 16.1. The number of fused-ring (bicyclic) bond motifs is 1. The van der Waals surface area contributed by atoms with E-state index in [1.54, 1.807) is 4.90 Å². The van der Waals surface area contributed by atoms with Gasteiger partial charge in [-0.25, -0.2) is 4.79 Å². The third kappa shape index (κ3) is 5.03. The first-order valence-electron chi connectivity index (χ1n) is 11.6. The third-order valence-corrected chi connectivity index (χ3v) is 6.36. The molecular formula is C26H32N4O3. The summed E-state index contributed by atoms with van der Waals surface area (Å²) >= 11 is 0. The molecule has 2 aliphatic heterocycles. The van der Waals surface area contributed by atoms with E-state index in [9.17, 15) is 4.79 Å². The molecule has 174 valence electrons. The van der Waals surface area contributed by atoms with Gasteiger partial charge in [0.15, 0.2) is 0 Å². The molecule has 3 N–H and O–H groups in total. The first-order valence-corrected chi connectivity index (χ1v) is 11.6. The van der Waals surface area contributed by atoms with Crippen molar-refractivity contribution < 1.29 is 14.3 Å². The molecule has 2 aliphatic rings. The summed E-state index contributed by atoms with van der Waals surface area (Å²) < 4.78 is 11.5. The molecule has 7 heteroatoms. The molecule has 2 aromatic carbocycles. The van der Waals surface area contributed by atoms with Gasteiger partial charge in [0, 0.05) is 41.2 Å². The van der Waals surface area contributed by atoms with Gasteiger partial charge in [-0.3, -0.25) is 4.90 Å². The second-order valence-corrected chi connectivity index (χ2v) is 8.52. The molecule has 0 saturated carbocycles. The fourth-order valence-electron chi connectivity index (χ4n) is 4.52. The van der Waals surface area contributed by atoms with Crippen LogP contribution in [0.4, 0.5) is 10.5 Å². The van der Waals surface area contributed by atoms with Crippen LogP contribution in [-0.4, -0.2) is 44.6 Å². The molecule has 33 heavy (non-hydrogen) atoms. The smallest absolute Gasteiger partial charge is 0.414 e. The number of nitrogens with one attached hydrogen (secondary N) is 3. The normalized spacial score (nSPS) is 18.9. The molecule has 0 aliphatic carbocycles. The van der Waals surface area contributed by atoms with Gasteiger partial charge in [0.25, 0.3) is 0 Å². The minimum Gasteiger partial charge on any atom is -0.456 e. The lowest BCUT2D eigenvalue weighted by molar-refractivity contribution is 0.175. The van der Waals surface area contributed by atoms with Crippen molar-refractivity contribution >= 4 is 23.6 Å². The average Bonchev–Trinajstić information content (AvgIpc) is 2.86. The predicted octanol–water partition coefficient (Wildman–Crippen LogP) is 4.72. The molecule has 0 spiro atoms. The number of methoxy groups -OCH3 is 1. The van der Waals surface area contributed by atoms with E-state index < -0.39 is 0 Å². The van der Waals surface area contributed by atoms with E-state index in [-0.39, 0.29) is 12.1 Å². The van der Waals surface area contributed by atoms with Crippen LogP contribution < -0.4 is 20.3 Å². The molecule has 2 heterocycles. The maximum atomic E-state index is 12.6. The van der Waals surface area contributed by atoms with Crippen LogP contribution in [-0.2, 0) is 11.2 Å². The zero-order chi connectivity index (χ0) is 23.2. The molecule has 0 aromatic heterocycles. The van der Waals surface area contributed by atoms with Crippen molar-refractivity contribution in [3.05, 3.63) is 59.8 Å². The van der Waals surface area contributed by atoms with E-state index >= 15 is 0 Å². The van der Waals surface area contributed by atoms with Gasteiger partial charge in [0.2, 0.25) is 0 Å². The van der Waals surface area contributed by atoms with Crippen LogP contribution in [0.3, 0.4) is 0 Å². The number of anilines is 1. The lowest BCUT2D eigenvalue weighted by atomic mass is 9.92. The van der Waals surface area contributed by atoms with Crippen LogP contribution in [0.5, 0.6) is 11.5 Å². The Hall–Kier alpha value is -3.32. The number of rotatable bonds is 6. The van der Waals surface area contributed by atoms with Gasteiger partial charge in [-0.15, -0.1) is 0 Å². The topological polar surface area (TPSA) is 86.7 Å². The maximum Gasteiger partial charge on any atom is 0.414 e. The number of ether oxygens (including phenoxy) is 2. The minimum absolute atomic E-state index is 0.0275. The van der Waals surface area contributed by atoms with Crippen LogP contribution in [0.25, 0.3) is 5.57 Å². The Labute approximate surface area is 195 Å². The van der Waals surface area contributed by atoms with E-state index in [4.69, 9.17) is 14.9 Å². The van der Waals surface area contributed by atoms with E-state index in [1.165, 1.54) is 13.3 Å². The first kappa shape index (κ1) is 22.9. The van der Waals surface area contributed by atoms with E-state index in [2.05, 4.69) is 10.6 Å². The summed E-state index contributed by atoms with van der Waals surface area (Å²) in [5.74, 6) is 1.40. The number of hydrogen-bond acceptors (Lipinski definition) is 6. The van der Waals surface area contributed by atoms with Crippen molar-refractivity contribution in [3.8, 4) is 11.5 Å². The second kappa shape index (κ2) is 10.5. The summed E-state index contributed by atoms with van der Waals surface area (Å²) in [5.41, 5.74) is 3.32. The van der Waals surface area contributed by atoms with Gasteiger partial charge in [0.05, 0.1) is 12.8 Å². The molecule has 1 fully saturated rings. The molecule has 0 bridgehead atoms. The summed E-state index contributed by atoms with van der Waals surface area (Å²) in [6.07, 6.45) is 6.57. The highest BCUT2D eigenvalue weighted by Gasteiger charge is 2.32. The number of nitrogens with zero attached hydrogens (tertiary/aromatic N) is 1. The van der Waals surface area contributed by atoms with Crippen molar-refractivity contribution in [2.45, 2.75) is 44.7 Å². The standard InChI is InChI=1S/C26H32N4O3/c1-18-8-9-23-24(30(18)26(31)32-2)11-10-22(25(23)33-21-6-4-3-5-7-21)19(16-27)17-29-20-12-14-28-15-13-20/h3-7,10-11,16-18,20,27-29H,8-9,12-15H2,1-2H3/b19-17+,27-16?/t18-/m0/s1. The van der Waals surface area contributed by atoms with Gasteiger partial charge in [-0.1, -0.05) is 18.2 Å². The molecule has 2 aromatic rings. The summed E-state index contributed by atoms with van der Waals surface area (Å²) in [4.78, 5) is 14.3. The van der Waals surface area contributed by atoms with Gasteiger partial charge < -0.3 is 25.5 Å². The Morgan fingerprint density at radius 2 is 1.91 bits per heavy atom. The molecule has 7 nitrogen and oxygen atoms in total. The average molecular weight is 449 g/mol. The van der Waals surface area contributed by atoms with Gasteiger partial charge in [-0.05, 0) is 70.0 Å². The fourth-order valence-corrected chi connectivity index (χ4v) is 4.52. The summed E-state index contributed by atoms with van der Waals surface area (Å²) in [7, 11) is 1.40. The number of hydrogen-bond donors (Lipinski definition) is 3. The van der Waals surface area contributed by atoms with Crippen molar-refractivity contribution in [1.29, 1.82) is 5.41 Å². The Morgan fingerprint density at radius 1 is 1.15 bits per heavy atom. The molecule has 1 atom stereocenters. The Bertz CT molecular complexity index is 1020. The number of amides is 1. The highest BCUT2D eigenvalue weighted by Crippen LogP contribution is 2.43. The van der Waals surface area contributed by atoms with Crippen molar-refractivity contribution in [2.75, 3.05) is 25.1 Å². The highest BCUT2D eigenvalue weighted by atomic mass is 16.5. The predicted molar refractivity (Wildman–Crippen MR) is 131 cm³/mol. The number of piperidine rings is 1. The van der Waals surface area contributed by atoms with Crippen LogP contribution in [0, 0.1) is 5.41 Å². The SMILES string of the molecule is COC(=O)N1c2ccc(/C(C=N)=C/NC3CCNCC3)c(Oc3ccccc3)c2CC[C@@H]1C. The minimum atomic E-state index is -0.378. The van der Waals surface area contributed by atoms with Gasteiger partial charge in [-0.2, -0.15) is 0 Å². The highest BCUT2D eigenvalue weighted by molar-refractivity contribution is 6.10. The molecule has 1 amide bonds. The second-order valence-electron chi connectivity index (χ2n) is 8.52.